The highest BCUT2D eigenvalue weighted by molar-refractivity contribution is 6.29. The monoisotopic (exact) mass is 854 g/mol. The second-order valence-corrected chi connectivity index (χ2v) is 13.7. The summed E-state index contributed by atoms with van der Waals surface area (Å²) in [7, 11) is 0. The van der Waals surface area contributed by atoms with Gasteiger partial charge in [-0.2, -0.15) is 5.10 Å². The number of fused-ring (bicyclic) bond motifs is 2. The summed E-state index contributed by atoms with van der Waals surface area (Å²) in [6.45, 7) is 0. The molecule has 19 heteroatoms. The van der Waals surface area contributed by atoms with Crippen LogP contribution in [0.5, 0.6) is 17.4 Å². The van der Waals surface area contributed by atoms with E-state index in [0.717, 1.165) is 38.5 Å². The van der Waals surface area contributed by atoms with E-state index in [-0.39, 0.29) is 55.9 Å². The Morgan fingerprint density at radius 2 is 1.00 bits per heavy atom. The van der Waals surface area contributed by atoms with Gasteiger partial charge in [0, 0.05) is 17.2 Å². The largest absolute Gasteiger partial charge is 0.573 e. The maximum absolute atomic E-state index is 12.5. The number of hydrogen-bond acceptors (Lipinski definition) is 10. The first-order chi connectivity index (χ1) is 27.1. The number of alkyl halides is 6. The van der Waals surface area contributed by atoms with E-state index in [2.05, 4.69) is 29.6 Å². The average Bonchev–Trinajstić information content (AvgIpc) is 3.77. The van der Waals surface area contributed by atoms with Gasteiger partial charge in [0.15, 0.2) is 11.3 Å². The predicted molar refractivity (Wildman–Crippen MR) is 208 cm³/mol. The van der Waals surface area contributed by atoms with E-state index >= 15 is 0 Å². The number of benzene rings is 2. The van der Waals surface area contributed by atoms with Crippen LogP contribution in [0.4, 0.5) is 26.3 Å². The van der Waals surface area contributed by atoms with Crippen molar-refractivity contribution in [1.82, 2.24) is 29.2 Å². The van der Waals surface area contributed by atoms with Gasteiger partial charge in [-0.1, -0.05) is 50.7 Å². The smallest absolute Gasteiger partial charge is 0.473 e. The van der Waals surface area contributed by atoms with Crippen LogP contribution in [0.2, 0.25) is 5.15 Å². The van der Waals surface area contributed by atoms with E-state index in [1.807, 2.05) is 0 Å². The lowest BCUT2D eigenvalue weighted by Gasteiger charge is -2.25. The predicted octanol–water partition coefficient (Wildman–Crippen LogP) is 9.48. The topological polar surface area (TPSA) is 149 Å². The van der Waals surface area contributed by atoms with Crippen LogP contribution in [0.1, 0.15) is 66.2 Å². The van der Waals surface area contributed by atoms with Gasteiger partial charge in [-0.05, 0) is 93.8 Å². The summed E-state index contributed by atoms with van der Waals surface area (Å²) in [5, 5.41) is 36.2. The molecule has 8 rings (SSSR count). The van der Waals surface area contributed by atoms with Gasteiger partial charge in [0.05, 0.1) is 42.1 Å². The molecule has 2 aliphatic carbocycles. The third kappa shape index (κ3) is 13.4. The fraction of sp³-hybridized carbons (Fsp3) is 0.400. The number of rotatable bonds is 6. The van der Waals surface area contributed by atoms with Crippen LogP contribution in [-0.2, 0) is 0 Å². The van der Waals surface area contributed by atoms with Crippen LogP contribution in [0.15, 0.2) is 85.2 Å². The Balaban J connectivity index is 0.000000219. The Labute approximate surface area is 341 Å². The first-order valence-electron chi connectivity index (χ1n) is 17.9. The second-order valence-electron chi connectivity index (χ2n) is 13.3. The van der Waals surface area contributed by atoms with Crippen molar-refractivity contribution in [3.63, 3.8) is 0 Å². The highest BCUT2D eigenvalue weighted by Gasteiger charge is 2.32. The summed E-state index contributed by atoms with van der Waals surface area (Å²) < 4.78 is 91.0. The van der Waals surface area contributed by atoms with Gasteiger partial charge >= 0.3 is 12.7 Å². The fourth-order valence-corrected chi connectivity index (χ4v) is 6.40. The Hall–Kier alpha value is -5.17. The van der Waals surface area contributed by atoms with Crippen molar-refractivity contribution in [3.8, 4) is 39.9 Å². The van der Waals surface area contributed by atoms with Gasteiger partial charge in [0.2, 0.25) is 5.88 Å². The summed E-state index contributed by atoms with van der Waals surface area (Å²) >= 11 is 5.82. The van der Waals surface area contributed by atoms with Crippen LogP contribution in [-0.4, -0.2) is 81.7 Å². The molecule has 2 aromatic carbocycles. The van der Waals surface area contributed by atoms with Crippen molar-refractivity contribution in [3.05, 3.63) is 90.3 Å². The second kappa shape index (κ2) is 20.2. The molecule has 0 saturated heterocycles. The molecule has 0 spiro atoms. The molecule has 0 unspecified atom stereocenters. The Morgan fingerprint density at radius 3 is 1.46 bits per heavy atom. The molecule has 59 heavy (non-hydrogen) atoms. The SMILES string of the molecule is C.C.FC(F)(F)Oc1cccc(-c2cnc3ccc(Cl)nn23)c1.OC1CCC(O)CC1.OC1CCC(Oc2ccc3ncc(-c4cccc(OC(F)(F)F)c4)n3n2)CC1. The summed E-state index contributed by atoms with van der Waals surface area (Å²) in [5.74, 6) is -0.221. The standard InChI is InChI=1S/C19H18F3N3O3.C13H7ClF3N3O.C6H12O2.2CH4/c20-19(21,22)28-15-3-1-2-12(10-15)16-11-23-17-8-9-18(24-25(16)17)27-14-6-4-13(26)5-7-14;14-11-4-5-12-18-7-10(20(12)19-11)8-2-1-3-9(6-8)21-13(15,16)17;7-5-1-2-6(8)4-3-5;;/h1-3,8-11,13-14,26H,4-7H2;1-7H;5-8H,1-4H2;2*1H4. The molecule has 2 fully saturated rings. The first kappa shape index (κ1) is 46.5. The minimum atomic E-state index is -4.76. The molecular weight excluding hydrogens is 810 g/mol. The van der Waals surface area contributed by atoms with Gasteiger partial charge < -0.3 is 29.5 Å². The third-order valence-electron chi connectivity index (χ3n) is 8.99. The van der Waals surface area contributed by atoms with Crippen molar-refractivity contribution < 1.29 is 55.9 Å². The van der Waals surface area contributed by atoms with Crippen molar-refractivity contribution in [2.45, 2.75) is 103 Å². The molecule has 3 N–H and O–H groups in total. The zero-order chi connectivity index (χ0) is 40.7. The van der Waals surface area contributed by atoms with Gasteiger partial charge in [-0.25, -0.2) is 19.0 Å². The average molecular weight is 855 g/mol. The number of ether oxygens (including phenoxy) is 3. The van der Waals surface area contributed by atoms with E-state index < -0.39 is 12.7 Å². The zero-order valence-electron chi connectivity index (χ0n) is 29.9. The number of aliphatic hydroxyl groups is 3. The number of halogens is 7. The molecule has 0 bridgehead atoms. The lowest BCUT2D eigenvalue weighted by Crippen LogP contribution is -2.26. The van der Waals surface area contributed by atoms with Crippen LogP contribution in [0.3, 0.4) is 0 Å². The molecule has 4 heterocycles. The maximum atomic E-state index is 12.5. The summed E-state index contributed by atoms with van der Waals surface area (Å²) in [6.07, 6.45) is -1.05. The molecule has 2 saturated carbocycles. The van der Waals surface area contributed by atoms with Crippen molar-refractivity contribution in [2.24, 2.45) is 0 Å². The summed E-state index contributed by atoms with van der Waals surface area (Å²) in [4.78, 5) is 8.37. The van der Waals surface area contributed by atoms with Gasteiger partial charge in [0.1, 0.15) is 22.8 Å². The van der Waals surface area contributed by atoms with Crippen LogP contribution >= 0.6 is 11.6 Å². The van der Waals surface area contributed by atoms with E-state index in [9.17, 15) is 31.4 Å². The molecule has 4 aromatic heterocycles. The molecule has 0 amide bonds. The molecule has 6 aromatic rings. The molecule has 2 aliphatic rings. The van der Waals surface area contributed by atoms with Crippen LogP contribution in [0, 0.1) is 0 Å². The van der Waals surface area contributed by atoms with Crippen molar-refractivity contribution in [1.29, 1.82) is 0 Å². The van der Waals surface area contributed by atoms with Crippen molar-refractivity contribution >= 4 is 22.9 Å². The fourth-order valence-electron chi connectivity index (χ4n) is 6.26. The minimum absolute atomic E-state index is 0. The van der Waals surface area contributed by atoms with Crippen LogP contribution in [0.25, 0.3) is 33.8 Å². The molecule has 0 atom stereocenters. The van der Waals surface area contributed by atoms with Crippen LogP contribution < -0.4 is 14.2 Å². The maximum Gasteiger partial charge on any atom is 0.573 e. The normalized spacial score (nSPS) is 19.2. The number of aromatic nitrogens is 6. The lowest BCUT2D eigenvalue weighted by molar-refractivity contribution is -0.275. The zero-order valence-corrected chi connectivity index (χ0v) is 30.7. The highest BCUT2D eigenvalue weighted by Crippen LogP contribution is 2.31. The Kier molecular flexibility index (Phi) is 15.9. The highest BCUT2D eigenvalue weighted by atomic mass is 35.5. The molecule has 12 nitrogen and oxygen atoms in total. The van der Waals surface area contributed by atoms with Crippen molar-refractivity contribution in [2.75, 3.05) is 0 Å². The molecule has 0 aliphatic heterocycles. The lowest BCUT2D eigenvalue weighted by atomic mass is 9.95. The minimum Gasteiger partial charge on any atom is -0.473 e. The van der Waals surface area contributed by atoms with Gasteiger partial charge in [-0.3, -0.25) is 0 Å². The van der Waals surface area contributed by atoms with E-state index in [0.29, 0.717) is 52.5 Å². The number of nitrogens with zero attached hydrogens (tertiary/aromatic N) is 6. The van der Waals surface area contributed by atoms with Gasteiger partial charge in [0.25, 0.3) is 0 Å². The Morgan fingerprint density at radius 1 is 0.576 bits per heavy atom. The number of hydrogen-bond donors (Lipinski definition) is 3. The first-order valence-corrected chi connectivity index (χ1v) is 18.2. The summed E-state index contributed by atoms with van der Waals surface area (Å²) in [5.41, 5.74) is 3.09. The van der Waals surface area contributed by atoms with E-state index in [1.54, 1.807) is 36.4 Å². The molecule has 0 radical (unpaired) electrons. The molecule has 320 valence electrons. The summed E-state index contributed by atoms with van der Waals surface area (Å²) in [6, 6.07) is 17.9. The van der Waals surface area contributed by atoms with Gasteiger partial charge in [-0.15, -0.1) is 31.4 Å². The molecular formula is C40H45ClF6N6O6. The quantitative estimate of drug-likeness (QED) is 0.138. The van der Waals surface area contributed by atoms with E-state index in [1.165, 1.54) is 57.8 Å². The Bertz CT molecular complexity index is 2230. The third-order valence-corrected chi connectivity index (χ3v) is 9.19. The van der Waals surface area contributed by atoms with E-state index in [4.69, 9.17) is 26.6 Å². The number of imidazole rings is 2. The number of aliphatic hydroxyl groups excluding tert-OH is 3.